The molecule has 0 aliphatic carbocycles. The van der Waals surface area contributed by atoms with Gasteiger partial charge in [-0.1, -0.05) is 17.7 Å². The van der Waals surface area contributed by atoms with Crippen molar-refractivity contribution >= 4 is 11.6 Å². The Morgan fingerprint density at radius 3 is 2.47 bits per heavy atom. The zero-order valence-electron chi connectivity index (χ0n) is 12.4. The molecule has 2 N–H and O–H groups in total. The molecular formula is C15H25N3O. The molecule has 0 unspecified atom stereocenters. The third-order valence-electron chi connectivity index (χ3n) is 3.14. The van der Waals surface area contributed by atoms with E-state index in [0.29, 0.717) is 12.6 Å². The first-order chi connectivity index (χ1) is 8.99. The molecule has 1 aromatic rings. The summed E-state index contributed by atoms with van der Waals surface area (Å²) in [7, 11) is 2.08. The summed E-state index contributed by atoms with van der Waals surface area (Å²) in [5.74, 6) is -0.00365. The molecule has 1 amide bonds. The molecule has 0 aliphatic heterocycles. The maximum Gasteiger partial charge on any atom is 0.238 e. The predicted octanol–water partition coefficient (Wildman–Crippen LogP) is 1.86. The van der Waals surface area contributed by atoms with Gasteiger partial charge >= 0.3 is 0 Å². The number of nitrogens with one attached hydrogen (secondary N) is 2. The van der Waals surface area contributed by atoms with Gasteiger partial charge in [0.05, 0.1) is 6.54 Å². The van der Waals surface area contributed by atoms with Crippen LogP contribution in [0.4, 0.5) is 5.69 Å². The lowest BCUT2D eigenvalue weighted by molar-refractivity contribution is -0.115. The minimum Gasteiger partial charge on any atom is -0.325 e. The fraction of sp³-hybridized carbons (Fsp3) is 0.533. The second kappa shape index (κ2) is 7.92. The first-order valence-corrected chi connectivity index (χ1v) is 6.76. The average molecular weight is 263 g/mol. The molecule has 0 saturated carbocycles. The van der Waals surface area contributed by atoms with Crippen LogP contribution in [0.3, 0.4) is 0 Å². The van der Waals surface area contributed by atoms with E-state index in [-0.39, 0.29) is 5.91 Å². The number of hydrogen-bond donors (Lipinski definition) is 2. The Morgan fingerprint density at radius 2 is 1.89 bits per heavy atom. The van der Waals surface area contributed by atoms with Gasteiger partial charge in [-0.05, 0) is 40.0 Å². The summed E-state index contributed by atoms with van der Waals surface area (Å²) >= 11 is 0. The Morgan fingerprint density at radius 1 is 1.26 bits per heavy atom. The molecule has 0 aliphatic rings. The highest BCUT2D eigenvalue weighted by atomic mass is 16.1. The summed E-state index contributed by atoms with van der Waals surface area (Å²) in [6.07, 6.45) is 0. The number of likely N-dealkylation sites (N-methyl/N-ethyl adjacent to an activating group) is 1. The minimum absolute atomic E-state index is 0.00365. The smallest absolute Gasteiger partial charge is 0.238 e. The van der Waals surface area contributed by atoms with Gasteiger partial charge in [-0.25, -0.2) is 0 Å². The number of carbonyl (C=O) groups excluding carboxylic acids is 1. The van der Waals surface area contributed by atoms with Crippen molar-refractivity contribution in [1.29, 1.82) is 0 Å². The number of aryl methyl sites for hydroxylation is 1. The maximum absolute atomic E-state index is 11.7. The van der Waals surface area contributed by atoms with Gasteiger partial charge in [0.1, 0.15) is 0 Å². The van der Waals surface area contributed by atoms with Crippen LogP contribution in [0.2, 0.25) is 0 Å². The molecule has 0 saturated heterocycles. The van der Waals surface area contributed by atoms with Crippen molar-refractivity contribution in [2.24, 2.45) is 0 Å². The summed E-state index contributed by atoms with van der Waals surface area (Å²) in [4.78, 5) is 13.9. The third kappa shape index (κ3) is 6.36. The van der Waals surface area contributed by atoms with Gasteiger partial charge < -0.3 is 15.5 Å². The summed E-state index contributed by atoms with van der Waals surface area (Å²) < 4.78 is 0. The van der Waals surface area contributed by atoms with Crippen molar-refractivity contribution in [2.75, 3.05) is 32.0 Å². The van der Waals surface area contributed by atoms with Crippen LogP contribution in [0.25, 0.3) is 0 Å². The van der Waals surface area contributed by atoms with Crippen LogP contribution in [-0.4, -0.2) is 43.5 Å². The summed E-state index contributed by atoms with van der Waals surface area (Å²) in [6, 6.07) is 8.34. The third-order valence-corrected chi connectivity index (χ3v) is 3.14. The summed E-state index contributed by atoms with van der Waals surface area (Å²) in [5.41, 5.74) is 2.03. The van der Waals surface area contributed by atoms with E-state index < -0.39 is 0 Å². The molecule has 1 rings (SSSR count). The van der Waals surface area contributed by atoms with E-state index >= 15 is 0 Å². The van der Waals surface area contributed by atoms with Crippen LogP contribution in [-0.2, 0) is 4.79 Å². The molecule has 4 heteroatoms. The second-order valence-electron chi connectivity index (χ2n) is 5.17. The highest BCUT2D eigenvalue weighted by molar-refractivity contribution is 5.92. The maximum atomic E-state index is 11.7. The Balaban J connectivity index is 2.20. The minimum atomic E-state index is -0.00365. The average Bonchev–Trinajstić information content (AvgIpc) is 2.37. The van der Waals surface area contributed by atoms with Crippen LogP contribution in [0.1, 0.15) is 19.4 Å². The van der Waals surface area contributed by atoms with E-state index in [4.69, 9.17) is 0 Å². The van der Waals surface area contributed by atoms with Gasteiger partial charge in [0.15, 0.2) is 0 Å². The fourth-order valence-electron chi connectivity index (χ4n) is 1.56. The Labute approximate surface area is 116 Å². The largest absolute Gasteiger partial charge is 0.325 e. The van der Waals surface area contributed by atoms with Crippen molar-refractivity contribution < 1.29 is 4.79 Å². The molecule has 0 aromatic heterocycles. The SMILES string of the molecule is Cc1ccc(NC(=O)CNCCN(C)C(C)C)cc1. The number of nitrogens with zero attached hydrogens (tertiary/aromatic N) is 1. The fourth-order valence-corrected chi connectivity index (χ4v) is 1.56. The molecule has 1 aromatic carbocycles. The standard InChI is InChI=1S/C15H25N3O/c1-12(2)18(4)10-9-16-11-15(19)17-14-7-5-13(3)6-8-14/h5-8,12,16H,9-11H2,1-4H3,(H,17,19). The monoisotopic (exact) mass is 263 g/mol. The van der Waals surface area contributed by atoms with Gasteiger partial charge in [0.2, 0.25) is 5.91 Å². The van der Waals surface area contributed by atoms with Crippen molar-refractivity contribution in [1.82, 2.24) is 10.2 Å². The van der Waals surface area contributed by atoms with Crippen LogP contribution >= 0.6 is 0 Å². The topological polar surface area (TPSA) is 44.4 Å². The zero-order chi connectivity index (χ0) is 14.3. The molecule has 0 fully saturated rings. The Hall–Kier alpha value is -1.39. The number of hydrogen-bond acceptors (Lipinski definition) is 3. The Bertz CT molecular complexity index is 387. The predicted molar refractivity (Wildman–Crippen MR) is 80.4 cm³/mol. The first-order valence-electron chi connectivity index (χ1n) is 6.76. The summed E-state index contributed by atoms with van der Waals surface area (Å²) in [5, 5.41) is 6.01. The lowest BCUT2D eigenvalue weighted by Crippen LogP contribution is -2.36. The van der Waals surface area contributed by atoms with E-state index in [1.165, 1.54) is 5.56 Å². The number of benzene rings is 1. The highest BCUT2D eigenvalue weighted by Gasteiger charge is 2.04. The zero-order valence-corrected chi connectivity index (χ0v) is 12.4. The Kier molecular flexibility index (Phi) is 6.53. The molecule has 0 spiro atoms. The van der Waals surface area contributed by atoms with Gasteiger partial charge in [-0.3, -0.25) is 4.79 Å². The van der Waals surface area contributed by atoms with Gasteiger partial charge in [0.25, 0.3) is 0 Å². The normalized spacial score (nSPS) is 11.1. The summed E-state index contributed by atoms with van der Waals surface area (Å²) in [6.45, 7) is 8.44. The molecule has 19 heavy (non-hydrogen) atoms. The van der Waals surface area contributed by atoms with Crippen LogP contribution in [0.5, 0.6) is 0 Å². The van der Waals surface area contributed by atoms with Crippen LogP contribution in [0.15, 0.2) is 24.3 Å². The van der Waals surface area contributed by atoms with Crippen molar-refractivity contribution in [3.63, 3.8) is 0 Å². The molecule has 0 bridgehead atoms. The van der Waals surface area contributed by atoms with E-state index in [9.17, 15) is 4.79 Å². The second-order valence-corrected chi connectivity index (χ2v) is 5.17. The van der Waals surface area contributed by atoms with E-state index in [0.717, 1.165) is 18.8 Å². The molecule has 0 heterocycles. The van der Waals surface area contributed by atoms with Gasteiger partial charge in [0, 0.05) is 24.8 Å². The number of rotatable bonds is 7. The molecular weight excluding hydrogens is 238 g/mol. The number of anilines is 1. The molecule has 106 valence electrons. The van der Waals surface area contributed by atoms with Crippen molar-refractivity contribution in [2.45, 2.75) is 26.8 Å². The van der Waals surface area contributed by atoms with Crippen molar-refractivity contribution in [3.05, 3.63) is 29.8 Å². The highest BCUT2D eigenvalue weighted by Crippen LogP contribution is 2.07. The van der Waals surface area contributed by atoms with Gasteiger partial charge in [-0.2, -0.15) is 0 Å². The first kappa shape index (κ1) is 15.7. The quantitative estimate of drug-likeness (QED) is 0.738. The molecule has 0 atom stereocenters. The lowest BCUT2D eigenvalue weighted by atomic mass is 10.2. The van der Waals surface area contributed by atoms with E-state index in [1.807, 2.05) is 31.2 Å². The van der Waals surface area contributed by atoms with Gasteiger partial charge in [-0.15, -0.1) is 0 Å². The van der Waals surface area contributed by atoms with E-state index in [2.05, 4.69) is 36.4 Å². The lowest BCUT2D eigenvalue weighted by Gasteiger charge is -2.20. The van der Waals surface area contributed by atoms with Crippen molar-refractivity contribution in [3.8, 4) is 0 Å². The number of amides is 1. The van der Waals surface area contributed by atoms with Crippen LogP contribution in [0, 0.1) is 6.92 Å². The van der Waals surface area contributed by atoms with E-state index in [1.54, 1.807) is 0 Å². The van der Waals surface area contributed by atoms with Crippen LogP contribution < -0.4 is 10.6 Å². The molecule has 4 nitrogen and oxygen atoms in total. The molecule has 0 radical (unpaired) electrons. The number of carbonyl (C=O) groups is 1.